The molecular formula is C62H38N2. The number of benzene rings is 12. The number of fused-ring (bicyclic) bond motifs is 17. The minimum Gasteiger partial charge on any atom is -0.309 e. The van der Waals surface area contributed by atoms with Crippen LogP contribution in [-0.2, 0) is 0 Å². The van der Waals surface area contributed by atoms with Gasteiger partial charge >= 0.3 is 0 Å². The lowest BCUT2D eigenvalue weighted by atomic mass is 9.90. The van der Waals surface area contributed by atoms with Crippen molar-refractivity contribution in [3.8, 4) is 33.6 Å². The molecule has 0 aliphatic carbocycles. The maximum Gasteiger partial charge on any atom is 0.0633 e. The molecule has 0 amide bonds. The van der Waals surface area contributed by atoms with Crippen molar-refractivity contribution >= 4 is 97.5 Å². The summed E-state index contributed by atoms with van der Waals surface area (Å²) in [6, 6.07) is 85.4. The molecule has 0 bridgehead atoms. The van der Waals surface area contributed by atoms with Crippen LogP contribution >= 0.6 is 0 Å². The van der Waals surface area contributed by atoms with Gasteiger partial charge in [0.15, 0.2) is 0 Å². The van der Waals surface area contributed by atoms with Crippen LogP contribution in [0.4, 0.5) is 0 Å². The summed E-state index contributed by atoms with van der Waals surface area (Å²) in [6.45, 7) is 0. The zero-order chi connectivity index (χ0) is 41.9. The van der Waals surface area contributed by atoms with Crippen molar-refractivity contribution in [1.29, 1.82) is 0 Å². The average Bonchev–Trinajstić information content (AvgIpc) is 3.90. The summed E-state index contributed by atoms with van der Waals surface area (Å²) < 4.78 is 5.07. The summed E-state index contributed by atoms with van der Waals surface area (Å²) in [6.07, 6.45) is 0. The van der Waals surface area contributed by atoms with Crippen molar-refractivity contribution in [3.05, 3.63) is 231 Å². The van der Waals surface area contributed by atoms with E-state index in [4.69, 9.17) is 0 Å². The van der Waals surface area contributed by atoms with Gasteiger partial charge in [-0.15, -0.1) is 0 Å². The third-order valence-corrected chi connectivity index (χ3v) is 13.8. The first-order chi connectivity index (χ1) is 31.8. The number of nitrogens with zero attached hydrogens (tertiary/aromatic N) is 2. The summed E-state index contributed by atoms with van der Waals surface area (Å²) in [5.41, 5.74) is 12.0. The molecule has 14 aromatic rings. The fourth-order valence-corrected chi connectivity index (χ4v) is 11.0. The Kier molecular flexibility index (Phi) is 7.43. The highest BCUT2D eigenvalue weighted by molar-refractivity contribution is 6.44. The molecule has 64 heavy (non-hydrogen) atoms. The Hall–Kier alpha value is -8.46. The van der Waals surface area contributed by atoms with Gasteiger partial charge in [0.25, 0.3) is 0 Å². The molecule has 2 aromatic heterocycles. The first kappa shape index (κ1) is 35.2. The average molecular weight is 811 g/mol. The molecule has 0 spiro atoms. The minimum atomic E-state index is 1.14. The van der Waals surface area contributed by atoms with Crippen molar-refractivity contribution in [2.45, 2.75) is 0 Å². The summed E-state index contributed by atoms with van der Waals surface area (Å²) in [5, 5.41) is 17.6. The van der Waals surface area contributed by atoms with E-state index in [1.54, 1.807) is 0 Å². The Labute approximate surface area is 369 Å². The van der Waals surface area contributed by atoms with E-state index in [0.717, 1.165) is 11.4 Å². The summed E-state index contributed by atoms with van der Waals surface area (Å²) in [4.78, 5) is 0. The van der Waals surface area contributed by atoms with Crippen LogP contribution in [0, 0.1) is 0 Å². The van der Waals surface area contributed by atoms with E-state index in [2.05, 4.69) is 240 Å². The number of para-hydroxylation sites is 2. The normalized spacial score (nSPS) is 12.1. The Bertz CT molecular complexity index is 3950. The standard InChI is InChI=1S/C62H38N2/c1-3-19-47(20-4-1)63-55-33-31-45(43-29-27-39-15-7-9-17-41(39)35-43)37-53(55)57-49-23-11-14-26-52(49)60-59(61(57)63)51-25-13-12-24-50(51)58-54-38-46(44-30-28-40-16-8-10-18-42(40)36-44)32-34-56(54)64(62(58)60)48-21-5-2-6-22-48/h1-38H. The highest BCUT2D eigenvalue weighted by atomic mass is 15.0. The van der Waals surface area contributed by atoms with Crippen molar-refractivity contribution in [3.63, 3.8) is 0 Å². The number of aromatic nitrogens is 2. The molecular weight excluding hydrogens is 773 g/mol. The van der Waals surface area contributed by atoms with Gasteiger partial charge in [0.1, 0.15) is 0 Å². The number of hydrogen-bond acceptors (Lipinski definition) is 0. The van der Waals surface area contributed by atoms with Gasteiger partial charge in [-0.3, -0.25) is 0 Å². The lowest BCUT2D eigenvalue weighted by molar-refractivity contribution is 1.18. The molecule has 0 atom stereocenters. The van der Waals surface area contributed by atoms with Crippen LogP contribution in [0.5, 0.6) is 0 Å². The Morgan fingerprint density at radius 2 is 0.547 bits per heavy atom. The second-order valence-electron chi connectivity index (χ2n) is 17.2. The molecule has 0 saturated heterocycles. The predicted octanol–water partition coefficient (Wildman–Crippen LogP) is 17.0. The third kappa shape index (κ3) is 5.02. The van der Waals surface area contributed by atoms with Crippen LogP contribution in [0.1, 0.15) is 0 Å². The molecule has 0 aliphatic heterocycles. The van der Waals surface area contributed by atoms with Gasteiger partial charge in [-0.25, -0.2) is 0 Å². The van der Waals surface area contributed by atoms with Crippen LogP contribution in [0.15, 0.2) is 231 Å². The van der Waals surface area contributed by atoms with E-state index in [0.29, 0.717) is 0 Å². The highest BCUT2D eigenvalue weighted by Crippen LogP contribution is 2.51. The van der Waals surface area contributed by atoms with E-state index < -0.39 is 0 Å². The predicted molar refractivity (Wildman–Crippen MR) is 274 cm³/mol. The Morgan fingerprint density at radius 1 is 0.219 bits per heavy atom. The topological polar surface area (TPSA) is 9.86 Å². The molecule has 0 unspecified atom stereocenters. The van der Waals surface area contributed by atoms with Crippen LogP contribution in [0.3, 0.4) is 0 Å². The first-order valence-corrected chi connectivity index (χ1v) is 22.2. The first-order valence-electron chi connectivity index (χ1n) is 22.2. The molecule has 14 rings (SSSR count). The van der Waals surface area contributed by atoms with Crippen LogP contribution in [0.25, 0.3) is 131 Å². The molecule has 296 valence electrons. The van der Waals surface area contributed by atoms with Crippen molar-refractivity contribution in [2.75, 3.05) is 0 Å². The van der Waals surface area contributed by atoms with Gasteiger partial charge in [-0.1, -0.05) is 170 Å². The summed E-state index contributed by atoms with van der Waals surface area (Å²) in [5.74, 6) is 0. The number of rotatable bonds is 4. The molecule has 2 heterocycles. The molecule has 0 radical (unpaired) electrons. The smallest absolute Gasteiger partial charge is 0.0633 e. The van der Waals surface area contributed by atoms with E-state index in [9.17, 15) is 0 Å². The Balaban J connectivity index is 1.19. The van der Waals surface area contributed by atoms with Crippen LogP contribution in [-0.4, -0.2) is 9.13 Å². The van der Waals surface area contributed by atoms with Gasteiger partial charge < -0.3 is 9.13 Å². The fraction of sp³-hybridized carbons (Fsp3) is 0. The van der Waals surface area contributed by atoms with E-state index in [1.165, 1.54) is 120 Å². The molecule has 2 heteroatoms. The van der Waals surface area contributed by atoms with Gasteiger partial charge in [0.2, 0.25) is 0 Å². The SMILES string of the molecule is c1ccc(-n2c3ccc(-c4ccc5ccccc5c4)cc3c3c4ccccc4c4c(c5ccccc5c5c6cc(-c7ccc8ccccc8c7)ccc6n(-c6ccccc6)c54)c32)cc1. The highest BCUT2D eigenvalue weighted by Gasteiger charge is 2.26. The largest absolute Gasteiger partial charge is 0.309 e. The van der Waals surface area contributed by atoms with E-state index in [1.807, 2.05) is 0 Å². The van der Waals surface area contributed by atoms with Gasteiger partial charge in [0, 0.05) is 43.7 Å². The summed E-state index contributed by atoms with van der Waals surface area (Å²) >= 11 is 0. The van der Waals surface area contributed by atoms with Crippen molar-refractivity contribution in [2.24, 2.45) is 0 Å². The maximum absolute atomic E-state index is 2.54. The fourth-order valence-electron chi connectivity index (χ4n) is 11.0. The van der Waals surface area contributed by atoms with Crippen LogP contribution < -0.4 is 0 Å². The summed E-state index contributed by atoms with van der Waals surface area (Å²) in [7, 11) is 0. The van der Waals surface area contributed by atoms with Gasteiger partial charge in [0.05, 0.1) is 22.1 Å². The van der Waals surface area contributed by atoms with Gasteiger partial charge in [-0.05, 0) is 126 Å². The Morgan fingerprint density at radius 3 is 0.969 bits per heavy atom. The molecule has 12 aromatic carbocycles. The molecule has 0 aliphatic rings. The van der Waals surface area contributed by atoms with E-state index in [-0.39, 0.29) is 0 Å². The molecule has 0 saturated carbocycles. The van der Waals surface area contributed by atoms with Crippen LogP contribution in [0.2, 0.25) is 0 Å². The lowest BCUT2D eigenvalue weighted by Crippen LogP contribution is -1.98. The molecule has 0 fully saturated rings. The van der Waals surface area contributed by atoms with Crippen molar-refractivity contribution < 1.29 is 0 Å². The minimum absolute atomic E-state index is 1.14. The van der Waals surface area contributed by atoms with E-state index >= 15 is 0 Å². The zero-order valence-corrected chi connectivity index (χ0v) is 34.8. The monoisotopic (exact) mass is 810 g/mol. The van der Waals surface area contributed by atoms with Crippen molar-refractivity contribution in [1.82, 2.24) is 9.13 Å². The maximum atomic E-state index is 2.54. The molecule has 2 nitrogen and oxygen atoms in total. The zero-order valence-electron chi connectivity index (χ0n) is 34.8. The third-order valence-electron chi connectivity index (χ3n) is 13.8. The quantitative estimate of drug-likeness (QED) is 0.157. The number of hydrogen-bond donors (Lipinski definition) is 0. The second kappa shape index (κ2) is 13.5. The second-order valence-corrected chi connectivity index (χ2v) is 17.2. The van der Waals surface area contributed by atoms with Gasteiger partial charge in [-0.2, -0.15) is 0 Å². The lowest BCUT2D eigenvalue weighted by Gasteiger charge is -2.17. The molecule has 0 N–H and O–H groups in total.